The smallest absolute Gasteiger partial charge is 0.122 e. The van der Waals surface area contributed by atoms with Gasteiger partial charge in [-0.15, -0.1) is 0 Å². The third-order valence-electron chi connectivity index (χ3n) is 3.62. The van der Waals surface area contributed by atoms with E-state index >= 15 is 0 Å². The van der Waals surface area contributed by atoms with E-state index in [4.69, 9.17) is 10.5 Å². The van der Waals surface area contributed by atoms with Crippen molar-refractivity contribution in [3.05, 3.63) is 28.8 Å². The zero-order valence-corrected chi connectivity index (χ0v) is 12.4. The first-order valence-corrected chi connectivity index (χ1v) is 6.87. The van der Waals surface area contributed by atoms with Gasteiger partial charge in [0.15, 0.2) is 0 Å². The highest BCUT2D eigenvalue weighted by Gasteiger charge is 2.11. The van der Waals surface area contributed by atoms with Crippen LogP contribution in [0.1, 0.15) is 49.8 Å². The molecular weight excluding hydrogens is 222 g/mol. The van der Waals surface area contributed by atoms with E-state index in [0.29, 0.717) is 11.8 Å². The molecule has 0 aliphatic heterocycles. The summed E-state index contributed by atoms with van der Waals surface area (Å²) in [5.41, 5.74) is 9.73. The van der Waals surface area contributed by atoms with E-state index < -0.39 is 0 Å². The molecule has 0 aromatic heterocycles. The van der Waals surface area contributed by atoms with Crippen LogP contribution < -0.4 is 10.5 Å². The van der Waals surface area contributed by atoms with Crippen molar-refractivity contribution in [3.63, 3.8) is 0 Å². The Bertz CT molecular complexity index is 385. The van der Waals surface area contributed by atoms with Crippen molar-refractivity contribution in [1.29, 1.82) is 0 Å². The summed E-state index contributed by atoms with van der Waals surface area (Å²) < 4.78 is 5.47. The fourth-order valence-corrected chi connectivity index (χ4v) is 2.16. The number of hydrogen-bond donors (Lipinski definition) is 1. The molecule has 0 bridgehead atoms. The monoisotopic (exact) mass is 249 g/mol. The second-order valence-corrected chi connectivity index (χ2v) is 5.55. The molecule has 102 valence electrons. The first-order chi connectivity index (χ1) is 8.49. The van der Waals surface area contributed by atoms with Gasteiger partial charge >= 0.3 is 0 Å². The van der Waals surface area contributed by atoms with Crippen molar-refractivity contribution < 1.29 is 4.74 Å². The first kappa shape index (κ1) is 15.0. The summed E-state index contributed by atoms with van der Waals surface area (Å²) in [5, 5.41) is 0. The van der Waals surface area contributed by atoms with Crippen molar-refractivity contribution in [3.8, 4) is 5.75 Å². The molecule has 2 nitrogen and oxygen atoms in total. The van der Waals surface area contributed by atoms with Crippen LogP contribution in [0, 0.1) is 12.8 Å². The molecule has 2 heteroatoms. The minimum atomic E-state index is 0.492. The van der Waals surface area contributed by atoms with Crippen LogP contribution in [-0.2, 0) is 6.42 Å². The molecule has 18 heavy (non-hydrogen) atoms. The fraction of sp³-hybridized carbons (Fsp3) is 0.625. The van der Waals surface area contributed by atoms with E-state index in [9.17, 15) is 0 Å². The largest absolute Gasteiger partial charge is 0.496 e. The van der Waals surface area contributed by atoms with Crippen molar-refractivity contribution in [1.82, 2.24) is 0 Å². The molecule has 1 unspecified atom stereocenters. The van der Waals surface area contributed by atoms with E-state index in [2.05, 4.69) is 39.8 Å². The molecule has 0 spiro atoms. The SMILES string of the molecule is COc1cc(C)c(CCC(C)CN)cc1C(C)C. The summed E-state index contributed by atoms with van der Waals surface area (Å²) in [7, 11) is 1.75. The lowest BCUT2D eigenvalue weighted by atomic mass is 9.92. The molecule has 0 saturated carbocycles. The summed E-state index contributed by atoms with van der Waals surface area (Å²) in [6.07, 6.45) is 2.26. The van der Waals surface area contributed by atoms with Gasteiger partial charge in [0.25, 0.3) is 0 Å². The van der Waals surface area contributed by atoms with Crippen LogP contribution >= 0.6 is 0 Å². The first-order valence-electron chi connectivity index (χ1n) is 6.87. The van der Waals surface area contributed by atoms with Crippen molar-refractivity contribution in [2.24, 2.45) is 11.7 Å². The van der Waals surface area contributed by atoms with E-state index in [0.717, 1.165) is 25.1 Å². The lowest BCUT2D eigenvalue weighted by Crippen LogP contribution is -2.11. The van der Waals surface area contributed by atoms with E-state index in [-0.39, 0.29) is 0 Å². The van der Waals surface area contributed by atoms with Gasteiger partial charge in [0.2, 0.25) is 0 Å². The maximum absolute atomic E-state index is 5.68. The third-order valence-corrected chi connectivity index (χ3v) is 3.62. The highest BCUT2D eigenvalue weighted by atomic mass is 16.5. The van der Waals surface area contributed by atoms with Gasteiger partial charge in [-0.05, 0) is 60.9 Å². The number of nitrogens with two attached hydrogens (primary N) is 1. The maximum Gasteiger partial charge on any atom is 0.122 e. The number of aryl methyl sites for hydroxylation is 2. The standard InChI is InChI=1S/C16H27NO/c1-11(2)15-9-14(7-6-12(3)10-17)13(4)8-16(15)18-5/h8-9,11-12H,6-7,10,17H2,1-5H3. The molecule has 2 N–H and O–H groups in total. The van der Waals surface area contributed by atoms with Crippen molar-refractivity contribution >= 4 is 0 Å². The molecule has 1 rings (SSSR count). The van der Waals surface area contributed by atoms with Gasteiger partial charge in [0.05, 0.1) is 7.11 Å². The Kier molecular flexibility index (Phi) is 5.67. The predicted octanol–water partition coefficient (Wildman–Crippen LogP) is 3.65. The van der Waals surface area contributed by atoms with Gasteiger partial charge in [0.1, 0.15) is 5.75 Å². The van der Waals surface area contributed by atoms with Crippen LogP contribution in [0.3, 0.4) is 0 Å². The Labute approximate surface area is 112 Å². The third kappa shape index (κ3) is 3.74. The predicted molar refractivity (Wildman–Crippen MR) is 78.4 cm³/mol. The molecular formula is C16H27NO. The normalized spacial score (nSPS) is 12.8. The zero-order valence-electron chi connectivity index (χ0n) is 12.4. The number of benzene rings is 1. The number of ether oxygens (including phenoxy) is 1. The van der Waals surface area contributed by atoms with Gasteiger partial charge in [-0.2, -0.15) is 0 Å². The fourth-order valence-electron chi connectivity index (χ4n) is 2.16. The van der Waals surface area contributed by atoms with Crippen LogP contribution in [0.25, 0.3) is 0 Å². The molecule has 0 saturated heterocycles. The van der Waals surface area contributed by atoms with E-state index in [1.165, 1.54) is 16.7 Å². The Morgan fingerprint density at radius 1 is 1.22 bits per heavy atom. The minimum absolute atomic E-state index is 0.492. The summed E-state index contributed by atoms with van der Waals surface area (Å²) in [5.74, 6) is 2.10. The minimum Gasteiger partial charge on any atom is -0.496 e. The second kappa shape index (κ2) is 6.79. The van der Waals surface area contributed by atoms with Gasteiger partial charge in [-0.1, -0.05) is 26.8 Å². The highest BCUT2D eigenvalue weighted by molar-refractivity contribution is 5.44. The van der Waals surface area contributed by atoms with Crippen LogP contribution in [0.5, 0.6) is 5.75 Å². The van der Waals surface area contributed by atoms with Crippen LogP contribution in [0.2, 0.25) is 0 Å². The Morgan fingerprint density at radius 3 is 2.39 bits per heavy atom. The Hall–Kier alpha value is -1.02. The van der Waals surface area contributed by atoms with Crippen LogP contribution in [0.4, 0.5) is 0 Å². The summed E-state index contributed by atoms with van der Waals surface area (Å²) >= 11 is 0. The molecule has 1 aromatic rings. The van der Waals surface area contributed by atoms with Crippen molar-refractivity contribution in [2.75, 3.05) is 13.7 Å². The van der Waals surface area contributed by atoms with E-state index in [1.54, 1.807) is 7.11 Å². The summed E-state index contributed by atoms with van der Waals surface area (Å²) in [6, 6.07) is 4.47. The Morgan fingerprint density at radius 2 is 1.89 bits per heavy atom. The quantitative estimate of drug-likeness (QED) is 0.835. The lowest BCUT2D eigenvalue weighted by molar-refractivity contribution is 0.407. The Balaban J connectivity index is 2.95. The zero-order chi connectivity index (χ0) is 13.7. The van der Waals surface area contributed by atoms with Gasteiger partial charge in [-0.3, -0.25) is 0 Å². The molecule has 1 atom stereocenters. The van der Waals surface area contributed by atoms with Gasteiger partial charge < -0.3 is 10.5 Å². The molecule has 0 fully saturated rings. The topological polar surface area (TPSA) is 35.2 Å². The van der Waals surface area contributed by atoms with E-state index in [1.807, 2.05) is 0 Å². The molecule has 1 aromatic carbocycles. The lowest BCUT2D eigenvalue weighted by Gasteiger charge is -2.17. The average molecular weight is 249 g/mol. The number of methoxy groups -OCH3 is 1. The molecule has 0 aliphatic carbocycles. The van der Waals surface area contributed by atoms with Crippen LogP contribution in [-0.4, -0.2) is 13.7 Å². The molecule has 0 radical (unpaired) electrons. The molecule has 0 heterocycles. The maximum atomic E-state index is 5.68. The molecule has 0 aliphatic rings. The number of hydrogen-bond acceptors (Lipinski definition) is 2. The molecule has 0 amide bonds. The van der Waals surface area contributed by atoms with Gasteiger partial charge in [-0.25, -0.2) is 0 Å². The van der Waals surface area contributed by atoms with Gasteiger partial charge in [0, 0.05) is 0 Å². The average Bonchev–Trinajstić information content (AvgIpc) is 2.35. The highest BCUT2D eigenvalue weighted by Crippen LogP contribution is 2.30. The summed E-state index contributed by atoms with van der Waals surface area (Å²) in [6.45, 7) is 9.56. The van der Waals surface area contributed by atoms with Crippen molar-refractivity contribution in [2.45, 2.75) is 46.5 Å². The number of rotatable bonds is 6. The van der Waals surface area contributed by atoms with Crippen LogP contribution in [0.15, 0.2) is 12.1 Å². The summed E-state index contributed by atoms with van der Waals surface area (Å²) in [4.78, 5) is 0. The second-order valence-electron chi connectivity index (χ2n) is 5.55.